The largest absolute Gasteiger partial charge is 0.419 e. The van der Waals surface area contributed by atoms with E-state index in [9.17, 15) is 13.2 Å². The van der Waals surface area contributed by atoms with Gasteiger partial charge >= 0.3 is 6.18 Å². The van der Waals surface area contributed by atoms with Crippen molar-refractivity contribution < 1.29 is 13.2 Å². The Balaban J connectivity index is 2.26. The van der Waals surface area contributed by atoms with Crippen LogP contribution in [0.2, 0.25) is 0 Å². The molecule has 0 aliphatic carbocycles. The molecule has 106 valence electrons. The van der Waals surface area contributed by atoms with Gasteiger partial charge in [-0.2, -0.15) is 13.2 Å². The summed E-state index contributed by atoms with van der Waals surface area (Å²) in [6.45, 7) is 1.66. The van der Waals surface area contributed by atoms with Crippen LogP contribution in [0.1, 0.15) is 24.2 Å². The minimum atomic E-state index is -4.47. The van der Waals surface area contributed by atoms with Crippen LogP contribution in [0.25, 0.3) is 0 Å². The maximum atomic E-state index is 12.8. The van der Waals surface area contributed by atoms with Crippen LogP contribution >= 0.6 is 0 Å². The molecule has 0 aliphatic heterocycles. The lowest BCUT2D eigenvalue weighted by molar-refractivity contribution is -0.137. The van der Waals surface area contributed by atoms with Crippen molar-refractivity contribution in [3.63, 3.8) is 0 Å². The van der Waals surface area contributed by atoms with Crippen molar-refractivity contribution in [1.82, 2.24) is 15.0 Å². The minimum Gasteiger partial charge on any atom is -0.368 e. The van der Waals surface area contributed by atoms with E-state index in [4.69, 9.17) is 5.73 Å². The molecule has 8 heteroatoms. The molecule has 5 nitrogen and oxygen atoms in total. The van der Waals surface area contributed by atoms with Crippen molar-refractivity contribution >= 4 is 11.8 Å². The Hall–Kier alpha value is -2.38. The molecule has 0 unspecified atom stereocenters. The summed E-state index contributed by atoms with van der Waals surface area (Å²) >= 11 is 0. The number of halogens is 3. The van der Waals surface area contributed by atoms with Gasteiger partial charge in [0.05, 0.1) is 17.3 Å². The molecule has 0 bridgehead atoms. The Labute approximate surface area is 113 Å². The summed E-state index contributed by atoms with van der Waals surface area (Å²) in [5.74, 6) is -0.183. The third kappa shape index (κ3) is 3.14. The number of nitrogens with two attached hydrogens (primary N) is 1. The van der Waals surface area contributed by atoms with E-state index < -0.39 is 17.8 Å². The summed E-state index contributed by atoms with van der Waals surface area (Å²) in [7, 11) is 0. The summed E-state index contributed by atoms with van der Waals surface area (Å²) in [5.41, 5.74) is 5.10. The molecule has 2 heterocycles. The number of alkyl halides is 3. The van der Waals surface area contributed by atoms with Crippen molar-refractivity contribution in [3.8, 4) is 0 Å². The molecule has 0 fully saturated rings. The first-order valence-electron chi connectivity index (χ1n) is 5.75. The molecule has 0 aromatic carbocycles. The van der Waals surface area contributed by atoms with Gasteiger partial charge < -0.3 is 11.1 Å². The average molecular weight is 283 g/mol. The van der Waals surface area contributed by atoms with Gasteiger partial charge in [-0.15, -0.1) is 0 Å². The fourth-order valence-electron chi connectivity index (χ4n) is 1.66. The maximum Gasteiger partial charge on any atom is 0.419 e. The summed E-state index contributed by atoms with van der Waals surface area (Å²) in [6, 6.07) is 3.29. The van der Waals surface area contributed by atoms with Gasteiger partial charge in [-0.05, 0) is 25.1 Å². The van der Waals surface area contributed by atoms with Crippen LogP contribution in [0.3, 0.4) is 0 Å². The number of anilines is 2. The van der Waals surface area contributed by atoms with Crippen LogP contribution in [0.5, 0.6) is 0 Å². The zero-order chi connectivity index (χ0) is 14.8. The number of rotatable bonds is 3. The fraction of sp³-hybridized carbons (Fsp3) is 0.250. The van der Waals surface area contributed by atoms with Crippen LogP contribution in [0.4, 0.5) is 24.9 Å². The Morgan fingerprint density at radius 2 is 1.95 bits per heavy atom. The van der Waals surface area contributed by atoms with Crippen LogP contribution < -0.4 is 11.1 Å². The minimum absolute atomic E-state index is 0.0632. The molecule has 2 aromatic heterocycles. The molecule has 0 saturated carbocycles. The van der Waals surface area contributed by atoms with Crippen LogP contribution in [0.15, 0.2) is 30.6 Å². The number of nitrogen functional groups attached to an aromatic ring is 1. The molecule has 1 atom stereocenters. The molecule has 0 saturated heterocycles. The highest BCUT2D eigenvalue weighted by atomic mass is 19.4. The number of aromatic nitrogens is 3. The van der Waals surface area contributed by atoms with Crippen LogP contribution in [-0.4, -0.2) is 15.0 Å². The third-order valence-electron chi connectivity index (χ3n) is 2.61. The van der Waals surface area contributed by atoms with Gasteiger partial charge in [-0.3, -0.25) is 0 Å². The summed E-state index contributed by atoms with van der Waals surface area (Å²) in [5, 5.41) is 2.68. The third-order valence-corrected chi connectivity index (χ3v) is 2.61. The molecular weight excluding hydrogens is 271 g/mol. The van der Waals surface area contributed by atoms with Crippen LogP contribution in [0, 0.1) is 0 Å². The van der Waals surface area contributed by atoms with Crippen LogP contribution in [-0.2, 0) is 6.18 Å². The van der Waals surface area contributed by atoms with Crippen molar-refractivity contribution in [3.05, 3.63) is 41.9 Å². The lowest BCUT2D eigenvalue weighted by atomic mass is 10.2. The van der Waals surface area contributed by atoms with Crippen molar-refractivity contribution in [2.75, 3.05) is 11.1 Å². The molecule has 2 rings (SSSR count). The number of hydrogen-bond acceptors (Lipinski definition) is 5. The molecule has 0 spiro atoms. The zero-order valence-electron chi connectivity index (χ0n) is 10.5. The quantitative estimate of drug-likeness (QED) is 0.905. The van der Waals surface area contributed by atoms with Gasteiger partial charge in [-0.1, -0.05) is 0 Å². The fourth-order valence-corrected chi connectivity index (χ4v) is 1.66. The van der Waals surface area contributed by atoms with E-state index in [0.29, 0.717) is 5.69 Å². The highest BCUT2D eigenvalue weighted by molar-refractivity contribution is 5.47. The molecular formula is C12H12F3N5. The van der Waals surface area contributed by atoms with Gasteiger partial charge in [0.2, 0.25) is 5.95 Å². The maximum absolute atomic E-state index is 12.8. The molecule has 2 aromatic rings. The molecule has 0 amide bonds. The summed E-state index contributed by atoms with van der Waals surface area (Å²) < 4.78 is 38.5. The topological polar surface area (TPSA) is 76.7 Å². The SMILES string of the molecule is C[C@@H](Nc1ncccc1C(F)(F)F)c1ccnc(N)n1. The molecule has 20 heavy (non-hydrogen) atoms. The monoisotopic (exact) mass is 283 g/mol. The standard InChI is InChI=1S/C12H12F3N5/c1-7(9-4-6-18-11(16)20-9)19-10-8(12(13,14)15)3-2-5-17-10/h2-7H,1H3,(H,17,19)(H2,16,18,20)/t7-/m1/s1. The second kappa shape index (κ2) is 5.32. The lowest BCUT2D eigenvalue weighted by Gasteiger charge is -2.17. The van der Waals surface area contributed by atoms with E-state index in [-0.39, 0.29) is 11.8 Å². The first kappa shape index (κ1) is 14.0. The van der Waals surface area contributed by atoms with Crippen molar-refractivity contribution in [2.24, 2.45) is 0 Å². The predicted molar refractivity (Wildman–Crippen MR) is 67.7 cm³/mol. The van der Waals surface area contributed by atoms with Crippen molar-refractivity contribution in [1.29, 1.82) is 0 Å². The Kier molecular flexibility index (Phi) is 3.73. The predicted octanol–water partition coefficient (Wildman–Crippen LogP) is 2.65. The number of nitrogens with zero attached hydrogens (tertiary/aromatic N) is 3. The number of nitrogens with one attached hydrogen (secondary N) is 1. The number of hydrogen-bond donors (Lipinski definition) is 2. The van der Waals surface area contributed by atoms with Gasteiger partial charge in [0.1, 0.15) is 5.82 Å². The van der Waals surface area contributed by atoms with E-state index in [1.165, 1.54) is 18.5 Å². The first-order valence-corrected chi connectivity index (χ1v) is 5.75. The van der Waals surface area contributed by atoms with E-state index in [1.54, 1.807) is 13.0 Å². The Morgan fingerprint density at radius 1 is 1.20 bits per heavy atom. The van der Waals surface area contributed by atoms with Gasteiger partial charge in [0.25, 0.3) is 0 Å². The number of pyridine rings is 1. The normalized spacial score (nSPS) is 13.0. The lowest BCUT2D eigenvalue weighted by Crippen LogP contribution is -2.16. The second-order valence-corrected chi connectivity index (χ2v) is 4.10. The highest BCUT2D eigenvalue weighted by Crippen LogP contribution is 2.34. The molecule has 3 N–H and O–H groups in total. The van der Waals surface area contributed by atoms with Gasteiger partial charge in [0.15, 0.2) is 0 Å². The van der Waals surface area contributed by atoms with E-state index in [1.807, 2.05) is 0 Å². The summed E-state index contributed by atoms with van der Waals surface area (Å²) in [6.07, 6.45) is -1.74. The van der Waals surface area contributed by atoms with Gasteiger partial charge in [-0.25, -0.2) is 15.0 Å². The molecule has 0 aliphatic rings. The zero-order valence-corrected chi connectivity index (χ0v) is 10.5. The molecule has 0 radical (unpaired) electrons. The Morgan fingerprint density at radius 3 is 2.60 bits per heavy atom. The highest BCUT2D eigenvalue weighted by Gasteiger charge is 2.34. The van der Waals surface area contributed by atoms with Crippen molar-refractivity contribution in [2.45, 2.75) is 19.1 Å². The first-order chi connectivity index (χ1) is 9.38. The second-order valence-electron chi connectivity index (χ2n) is 4.10. The Bertz CT molecular complexity index is 600. The van der Waals surface area contributed by atoms with E-state index in [0.717, 1.165) is 6.07 Å². The average Bonchev–Trinajstić information content (AvgIpc) is 2.38. The summed E-state index contributed by atoms with van der Waals surface area (Å²) in [4.78, 5) is 11.4. The smallest absolute Gasteiger partial charge is 0.368 e. The van der Waals surface area contributed by atoms with E-state index >= 15 is 0 Å². The van der Waals surface area contributed by atoms with Gasteiger partial charge in [0, 0.05) is 12.4 Å². The van der Waals surface area contributed by atoms with E-state index in [2.05, 4.69) is 20.3 Å².